The standard InChI is InChI=1S/C18H38O.C16H32O2/c1-3-5-7-9-10-12-14-16-18(17-19)15-13-11-8-6-4-2;1-2-3-4-5-6-7-8-9-10-11-12-13-14-15-16(17)18/h18-19H,3-17H2,1-2H3;2-15H2,1H3,(H,17,18). The van der Waals surface area contributed by atoms with Crippen LogP contribution in [-0.2, 0) is 4.79 Å². The van der Waals surface area contributed by atoms with Crippen LogP contribution >= 0.6 is 0 Å². The highest BCUT2D eigenvalue weighted by molar-refractivity contribution is 5.66. The molecule has 0 aliphatic heterocycles. The SMILES string of the molecule is CCCCCCCCCC(CO)CCCCCCC.CCCCCCCCCCCCCCCC(=O)O. The van der Waals surface area contributed by atoms with Crippen LogP contribution < -0.4 is 0 Å². The Morgan fingerprint density at radius 2 is 0.730 bits per heavy atom. The van der Waals surface area contributed by atoms with Crippen molar-refractivity contribution in [2.24, 2.45) is 5.92 Å². The number of rotatable bonds is 29. The van der Waals surface area contributed by atoms with Crippen molar-refractivity contribution in [1.29, 1.82) is 0 Å². The topological polar surface area (TPSA) is 57.5 Å². The van der Waals surface area contributed by atoms with Crippen LogP contribution in [-0.4, -0.2) is 22.8 Å². The van der Waals surface area contributed by atoms with Crippen molar-refractivity contribution in [2.75, 3.05) is 6.61 Å². The largest absolute Gasteiger partial charge is 0.481 e. The molecule has 37 heavy (non-hydrogen) atoms. The predicted octanol–water partition coefficient (Wildman–Crippen LogP) is 11.6. The van der Waals surface area contributed by atoms with Gasteiger partial charge in [-0.25, -0.2) is 0 Å². The van der Waals surface area contributed by atoms with Crippen molar-refractivity contribution in [3.63, 3.8) is 0 Å². The van der Waals surface area contributed by atoms with Crippen molar-refractivity contribution in [2.45, 2.75) is 201 Å². The molecule has 0 saturated carbocycles. The molecule has 0 radical (unpaired) electrons. The minimum Gasteiger partial charge on any atom is -0.481 e. The smallest absolute Gasteiger partial charge is 0.303 e. The number of unbranched alkanes of at least 4 members (excludes halogenated alkanes) is 22. The third-order valence-electron chi connectivity index (χ3n) is 7.68. The van der Waals surface area contributed by atoms with Crippen LogP contribution in [0.3, 0.4) is 0 Å². The van der Waals surface area contributed by atoms with Crippen LogP contribution in [0.2, 0.25) is 0 Å². The summed E-state index contributed by atoms with van der Waals surface area (Å²) in [4.78, 5) is 10.3. The molecule has 0 rings (SSSR count). The Morgan fingerprint density at radius 1 is 0.459 bits per heavy atom. The molecule has 1 atom stereocenters. The Hall–Kier alpha value is -0.570. The van der Waals surface area contributed by atoms with Crippen LogP contribution in [0.4, 0.5) is 0 Å². The highest BCUT2D eigenvalue weighted by Crippen LogP contribution is 2.18. The summed E-state index contributed by atoms with van der Waals surface area (Å²) in [6.07, 6.45) is 36.2. The maximum Gasteiger partial charge on any atom is 0.303 e. The molecule has 0 aliphatic carbocycles. The molecule has 0 bridgehead atoms. The van der Waals surface area contributed by atoms with Crippen LogP contribution in [0.15, 0.2) is 0 Å². The van der Waals surface area contributed by atoms with E-state index < -0.39 is 5.97 Å². The minimum atomic E-state index is -0.655. The summed E-state index contributed by atoms with van der Waals surface area (Å²) < 4.78 is 0. The Bertz CT molecular complexity index is 410. The molecule has 0 heterocycles. The second-order valence-corrected chi connectivity index (χ2v) is 11.5. The van der Waals surface area contributed by atoms with E-state index in [4.69, 9.17) is 5.11 Å². The predicted molar refractivity (Wildman–Crippen MR) is 165 cm³/mol. The molecule has 3 heteroatoms. The van der Waals surface area contributed by atoms with Gasteiger partial charge in [-0.15, -0.1) is 0 Å². The van der Waals surface area contributed by atoms with Gasteiger partial charge in [0.2, 0.25) is 0 Å². The van der Waals surface area contributed by atoms with E-state index in [2.05, 4.69) is 20.8 Å². The summed E-state index contributed by atoms with van der Waals surface area (Å²) in [6.45, 7) is 7.20. The summed E-state index contributed by atoms with van der Waals surface area (Å²) in [6, 6.07) is 0. The fraction of sp³-hybridized carbons (Fsp3) is 0.971. The van der Waals surface area contributed by atoms with Crippen LogP contribution in [0, 0.1) is 5.92 Å². The van der Waals surface area contributed by atoms with E-state index >= 15 is 0 Å². The van der Waals surface area contributed by atoms with E-state index in [0.29, 0.717) is 18.9 Å². The molecule has 0 amide bonds. The lowest BCUT2D eigenvalue weighted by Gasteiger charge is -2.13. The normalized spacial score (nSPS) is 11.8. The first-order chi connectivity index (χ1) is 18.1. The van der Waals surface area contributed by atoms with Gasteiger partial charge in [0, 0.05) is 13.0 Å². The van der Waals surface area contributed by atoms with E-state index in [1.165, 1.54) is 161 Å². The molecular formula is C34H70O3. The second-order valence-electron chi connectivity index (χ2n) is 11.5. The highest BCUT2D eigenvalue weighted by atomic mass is 16.4. The van der Waals surface area contributed by atoms with Gasteiger partial charge in [-0.1, -0.05) is 175 Å². The van der Waals surface area contributed by atoms with Gasteiger partial charge in [-0.3, -0.25) is 4.79 Å². The molecule has 0 aromatic rings. The van der Waals surface area contributed by atoms with Crippen molar-refractivity contribution in [3.8, 4) is 0 Å². The summed E-state index contributed by atoms with van der Waals surface area (Å²) in [5, 5.41) is 17.9. The molecule has 3 nitrogen and oxygen atoms in total. The molecule has 224 valence electrons. The van der Waals surface area contributed by atoms with E-state index in [0.717, 1.165) is 12.8 Å². The maximum absolute atomic E-state index is 10.3. The fourth-order valence-electron chi connectivity index (χ4n) is 5.05. The first-order valence-corrected chi connectivity index (χ1v) is 16.9. The lowest BCUT2D eigenvalue weighted by atomic mass is 9.95. The molecule has 0 spiro atoms. The van der Waals surface area contributed by atoms with E-state index in [1.807, 2.05) is 0 Å². The first-order valence-electron chi connectivity index (χ1n) is 16.9. The van der Waals surface area contributed by atoms with Crippen LogP contribution in [0.5, 0.6) is 0 Å². The number of hydrogen-bond donors (Lipinski definition) is 2. The number of carboxylic acids is 1. The number of carbonyl (C=O) groups is 1. The quantitative estimate of drug-likeness (QED) is 0.0952. The zero-order valence-corrected chi connectivity index (χ0v) is 25.9. The molecule has 2 N–H and O–H groups in total. The summed E-state index contributed by atoms with van der Waals surface area (Å²) in [7, 11) is 0. The number of aliphatic hydroxyl groups is 1. The van der Waals surface area contributed by atoms with Gasteiger partial charge >= 0.3 is 5.97 Å². The Balaban J connectivity index is 0. The van der Waals surface area contributed by atoms with Gasteiger partial charge in [-0.2, -0.15) is 0 Å². The van der Waals surface area contributed by atoms with E-state index in [9.17, 15) is 9.90 Å². The lowest BCUT2D eigenvalue weighted by Crippen LogP contribution is -2.06. The third kappa shape index (κ3) is 37.6. The number of aliphatic hydroxyl groups excluding tert-OH is 1. The summed E-state index contributed by atoms with van der Waals surface area (Å²) >= 11 is 0. The van der Waals surface area contributed by atoms with Gasteiger partial charge in [-0.05, 0) is 25.2 Å². The number of carboxylic acid groups (broad SMARTS) is 1. The fourth-order valence-corrected chi connectivity index (χ4v) is 5.05. The van der Waals surface area contributed by atoms with Crippen LogP contribution in [0.1, 0.15) is 201 Å². The Morgan fingerprint density at radius 3 is 1.00 bits per heavy atom. The van der Waals surface area contributed by atoms with Gasteiger partial charge < -0.3 is 10.2 Å². The summed E-state index contributed by atoms with van der Waals surface area (Å²) in [5.74, 6) is -0.0738. The average Bonchev–Trinajstić information content (AvgIpc) is 2.89. The number of aliphatic carboxylic acids is 1. The highest BCUT2D eigenvalue weighted by Gasteiger charge is 2.06. The average molecular weight is 527 g/mol. The van der Waals surface area contributed by atoms with Crippen molar-refractivity contribution < 1.29 is 15.0 Å². The second kappa shape index (κ2) is 35.4. The van der Waals surface area contributed by atoms with Gasteiger partial charge in [0.25, 0.3) is 0 Å². The minimum absolute atomic E-state index is 0.345. The van der Waals surface area contributed by atoms with Crippen LogP contribution in [0.25, 0.3) is 0 Å². The molecule has 0 aromatic carbocycles. The van der Waals surface area contributed by atoms with E-state index in [1.54, 1.807) is 0 Å². The monoisotopic (exact) mass is 527 g/mol. The van der Waals surface area contributed by atoms with Crippen molar-refractivity contribution in [1.82, 2.24) is 0 Å². The first kappa shape index (κ1) is 38.6. The lowest BCUT2D eigenvalue weighted by molar-refractivity contribution is -0.137. The molecule has 0 fully saturated rings. The molecule has 1 unspecified atom stereocenters. The van der Waals surface area contributed by atoms with Gasteiger partial charge in [0.05, 0.1) is 0 Å². The zero-order chi connectivity index (χ0) is 27.7. The maximum atomic E-state index is 10.3. The molecule has 0 aromatic heterocycles. The van der Waals surface area contributed by atoms with Gasteiger partial charge in [0.15, 0.2) is 0 Å². The van der Waals surface area contributed by atoms with Crippen molar-refractivity contribution in [3.05, 3.63) is 0 Å². The molecular weight excluding hydrogens is 456 g/mol. The third-order valence-corrected chi connectivity index (χ3v) is 7.68. The molecule has 0 saturated heterocycles. The number of hydrogen-bond acceptors (Lipinski definition) is 2. The zero-order valence-electron chi connectivity index (χ0n) is 25.9. The molecule has 0 aliphatic rings. The Labute approximate surface area is 234 Å². The Kier molecular flexibility index (Phi) is 36.9. The summed E-state index contributed by atoms with van der Waals surface area (Å²) in [5.41, 5.74) is 0. The van der Waals surface area contributed by atoms with Gasteiger partial charge in [0.1, 0.15) is 0 Å². The van der Waals surface area contributed by atoms with E-state index in [-0.39, 0.29) is 0 Å². The van der Waals surface area contributed by atoms with Crippen molar-refractivity contribution >= 4 is 5.97 Å².